The smallest absolute Gasteiger partial charge is 0.183 e. The summed E-state index contributed by atoms with van der Waals surface area (Å²) in [5, 5.41) is 4.20. The normalized spacial score (nSPS) is 10.5. The van der Waals surface area contributed by atoms with Gasteiger partial charge in [-0.05, 0) is 28.1 Å². The van der Waals surface area contributed by atoms with Crippen molar-refractivity contribution >= 4 is 43.7 Å². The van der Waals surface area contributed by atoms with Gasteiger partial charge in [0.25, 0.3) is 0 Å². The van der Waals surface area contributed by atoms with E-state index in [9.17, 15) is 0 Å². The third-order valence-corrected chi connectivity index (χ3v) is 4.40. The van der Waals surface area contributed by atoms with Crippen LogP contribution in [0.1, 0.15) is 9.75 Å². The lowest BCUT2D eigenvalue weighted by molar-refractivity contribution is 1.09. The van der Waals surface area contributed by atoms with Crippen molar-refractivity contribution in [1.82, 2.24) is 4.98 Å². The predicted octanol–water partition coefficient (Wildman–Crippen LogP) is 3.04. The molecule has 0 saturated heterocycles. The Morgan fingerprint density at radius 2 is 2.20 bits per heavy atom. The van der Waals surface area contributed by atoms with E-state index in [1.54, 1.807) is 22.7 Å². The third-order valence-electron chi connectivity index (χ3n) is 1.80. The highest BCUT2D eigenvalue weighted by molar-refractivity contribution is 9.11. The minimum atomic E-state index is 0.559. The molecule has 80 valence electrons. The highest BCUT2D eigenvalue weighted by atomic mass is 79.9. The van der Waals surface area contributed by atoms with Gasteiger partial charge < -0.3 is 11.1 Å². The fraction of sp³-hybridized carbons (Fsp3) is 0.222. The molecular weight excluding hydrogens is 294 g/mol. The van der Waals surface area contributed by atoms with Crippen LogP contribution < -0.4 is 11.1 Å². The SMILES string of the molecule is NCc1cnc(NCc2ccc(Br)s2)s1. The fourth-order valence-electron chi connectivity index (χ4n) is 1.09. The molecule has 0 aliphatic carbocycles. The quantitative estimate of drug-likeness (QED) is 0.913. The Morgan fingerprint density at radius 1 is 1.33 bits per heavy atom. The van der Waals surface area contributed by atoms with Crippen LogP contribution in [0.15, 0.2) is 22.1 Å². The van der Waals surface area contributed by atoms with Crippen LogP contribution in [0.5, 0.6) is 0 Å². The Bertz CT molecular complexity index is 438. The molecule has 0 aromatic carbocycles. The zero-order valence-corrected chi connectivity index (χ0v) is 11.1. The maximum Gasteiger partial charge on any atom is 0.183 e. The second kappa shape index (κ2) is 5.07. The van der Waals surface area contributed by atoms with Gasteiger partial charge >= 0.3 is 0 Å². The van der Waals surface area contributed by atoms with E-state index < -0.39 is 0 Å². The molecule has 2 aromatic heterocycles. The van der Waals surface area contributed by atoms with Crippen LogP contribution in [0, 0.1) is 0 Å². The fourth-order valence-corrected chi connectivity index (χ4v) is 3.20. The van der Waals surface area contributed by atoms with Gasteiger partial charge in [-0.25, -0.2) is 4.98 Å². The van der Waals surface area contributed by atoms with Crippen LogP contribution in [-0.2, 0) is 13.1 Å². The molecule has 0 aliphatic heterocycles. The molecule has 15 heavy (non-hydrogen) atoms. The molecule has 3 nitrogen and oxygen atoms in total. The molecule has 0 atom stereocenters. The van der Waals surface area contributed by atoms with E-state index in [1.165, 1.54) is 4.88 Å². The molecule has 0 unspecified atom stereocenters. The standard InChI is InChI=1S/C9H10BrN3S2/c10-8-2-1-6(14-8)4-12-9-13-5-7(3-11)15-9/h1-2,5H,3-4,11H2,(H,12,13). The molecule has 0 aliphatic rings. The first-order chi connectivity index (χ1) is 7.28. The van der Waals surface area contributed by atoms with Crippen molar-refractivity contribution in [2.75, 3.05) is 5.32 Å². The van der Waals surface area contributed by atoms with Gasteiger partial charge in [0.15, 0.2) is 5.13 Å². The van der Waals surface area contributed by atoms with Crippen molar-refractivity contribution in [3.8, 4) is 0 Å². The molecule has 2 rings (SSSR count). The van der Waals surface area contributed by atoms with Crippen molar-refractivity contribution in [3.05, 3.63) is 31.9 Å². The summed E-state index contributed by atoms with van der Waals surface area (Å²) in [4.78, 5) is 6.61. The second-order valence-electron chi connectivity index (χ2n) is 2.90. The van der Waals surface area contributed by atoms with Gasteiger partial charge in [0, 0.05) is 22.5 Å². The van der Waals surface area contributed by atoms with Gasteiger partial charge in [-0.2, -0.15) is 0 Å². The first-order valence-corrected chi connectivity index (χ1v) is 6.83. The molecule has 0 bridgehead atoms. The predicted molar refractivity (Wildman–Crippen MR) is 69.4 cm³/mol. The number of nitrogens with one attached hydrogen (secondary N) is 1. The van der Waals surface area contributed by atoms with Crippen LogP contribution >= 0.6 is 38.6 Å². The summed E-state index contributed by atoms with van der Waals surface area (Å²) < 4.78 is 1.15. The number of nitrogens with two attached hydrogens (primary N) is 1. The lowest BCUT2D eigenvalue weighted by atomic mass is 10.5. The lowest BCUT2D eigenvalue weighted by Crippen LogP contribution is -1.95. The van der Waals surface area contributed by atoms with E-state index in [-0.39, 0.29) is 0 Å². The summed E-state index contributed by atoms with van der Waals surface area (Å²) in [6.45, 7) is 1.37. The molecule has 0 saturated carbocycles. The van der Waals surface area contributed by atoms with Crippen molar-refractivity contribution in [3.63, 3.8) is 0 Å². The number of aromatic nitrogens is 1. The first kappa shape index (κ1) is 11.1. The minimum Gasteiger partial charge on any atom is -0.357 e. The van der Waals surface area contributed by atoms with Gasteiger partial charge in [0.05, 0.1) is 10.3 Å². The topological polar surface area (TPSA) is 50.9 Å². The van der Waals surface area contributed by atoms with Crippen molar-refractivity contribution in [2.24, 2.45) is 5.73 Å². The number of thiophene rings is 1. The monoisotopic (exact) mass is 303 g/mol. The van der Waals surface area contributed by atoms with Crippen molar-refractivity contribution < 1.29 is 0 Å². The first-order valence-electron chi connectivity index (χ1n) is 4.41. The average molecular weight is 304 g/mol. The molecule has 3 N–H and O–H groups in total. The van der Waals surface area contributed by atoms with Crippen LogP contribution in [0.2, 0.25) is 0 Å². The van der Waals surface area contributed by atoms with Crippen molar-refractivity contribution in [2.45, 2.75) is 13.1 Å². The van der Waals surface area contributed by atoms with Crippen LogP contribution in [-0.4, -0.2) is 4.98 Å². The van der Waals surface area contributed by atoms with Crippen LogP contribution in [0.25, 0.3) is 0 Å². The van der Waals surface area contributed by atoms with Crippen molar-refractivity contribution in [1.29, 1.82) is 0 Å². The summed E-state index contributed by atoms with van der Waals surface area (Å²) in [6.07, 6.45) is 1.82. The van der Waals surface area contributed by atoms with E-state index in [4.69, 9.17) is 5.73 Å². The van der Waals surface area contributed by atoms with Gasteiger partial charge in [-0.3, -0.25) is 0 Å². The number of rotatable bonds is 4. The van der Waals surface area contributed by atoms with E-state index in [0.29, 0.717) is 6.54 Å². The third kappa shape index (κ3) is 3.01. The number of thiazole rings is 1. The molecule has 2 aromatic rings. The largest absolute Gasteiger partial charge is 0.357 e. The molecular formula is C9H10BrN3S2. The van der Waals surface area contributed by atoms with Crippen LogP contribution in [0.3, 0.4) is 0 Å². The van der Waals surface area contributed by atoms with Gasteiger partial charge in [-0.1, -0.05) is 0 Å². The summed E-state index contributed by atoms with van der Waals surface area (Å²) in [5.41, 5.74) is 5.51. The maximum absolute atomic E-state index is 5.51. The Morgan fingerprint density at radius 3 is 2.80 bits per heavy atom. The number of nitrogens with zero attached hydrogens (tertiary/aromatic N) is 1. The maximum atomic E-state index is 5.51. The highest BCUT2D eigenvalue weighted by Crippen LogP contribution is 2.24. The lowest BCUT2D eigenvalue weighted by Gasteiger charge is -1.98. The summed E-state index contributed by atoms with van der Waals surface area (Å²) >= 11 is 6.77. The summed E-state index contributed by atoms with van der Waals surface area (Å²) in [5.74, 6) is 0. The summed E-state index contributed by atoms with van der Waals surface area (Å²) in [7, 11) is 0. The number of hydrogen-bond acceptors (Lipinski definition) is 5. The van der Waals surface area contributed by atoms with E-state index in [1.807, 2.05) is 6.20 Å². The van der Waals surface area contributed by atoms with E-state index in [0.717, 1.165) is 20.3 Å². The Labute approximate surface area is 104 Å². The second-order valence-corrected chi connectivity index (χ2v) is 6.56. The number of hydrogen-bond donors (Lipinski definition) is 2. The molecule has 0 spiro atoms. The molecule has 0 fully saturated rings. The molecule has 0 amide bonds. The zero-order valence-electron chi connectivity index (χ0n) is 7.87. The zero-order chi connectivity index (χ0) is 10.7. The molecule has 6 heteroatoms. The van der Waals surface area contributed by atoms with Gasteiger partial charge in [-0.15, -0.1) is 22.7 Å². The Balaban J connectivity index is 1.93. The van der Waals surface area contributed by atoms with E-state index in [2.05, 4.69) is 38.4 Å². The minimum absolute atomic E-state index is 0.559. The molecule has 2 heterocycles. The van der Waals surface area contributed by atoms with Gasteiger partial charge in [0.1, 0.15) is 0 Å². The molecule has 0 radical (unpaired) electrons. The Kier molecular flexibility index (Phi) is 3.74. The van der Waals surface area contributed by atoms with E-state index >= 15 is 0 Å². The van der Waals surface area contributed by atoms with Gasteiger partial charge in [0.2, 0.25) is 0 Å². The number of halogens is 1. The number of anilines is 1. The average Bonchev–Trinajstić information content (AvgIpc) is 2.83. The Hall–Kier alpha value is -0.430. The summed E-state index contributed by atoms with van der Waals surface area (Å²) in [6, 6.07) is 4.15. The highest BCUT2D eigenvalue weighted by Gasteiger charge is 2.01. The van der Waals surface area contributed by atoms with Crippen LogP contribution in [0.4, 0.5) is 5.13 Å².